The highest BCUT2D eigenvalue weighted by Crippen LogP contribution is 2.72. The molecule has 1 nitrogen and oxygen atoms in total. The van der Waals surface area contributed by atoms with Crippen molar-refractivity contribution < 1.29 is 5.11 Å². The van der Waals surface area contributed by atoms with Crippen molar-refractivity contribution in [3.8, 4) is 0 Å². The van der Waals surface area contributed by atoms with Crippen LogP contribution in [-0.2, 0) is 0 Å². The summed E-state index contributed by atoms with van der Waals surface area (Å²) in [5.74, 6) is 4.11. The lowest BCUT2D eigenvalue weighted by Gasteiger charge is -2.61. The average molecular weight is 401 g/mol. The van der Waals surface area contributed by atoms with Crippen molar-refractivity contribution in [2.75, 3.05) is 0 Å². The van der Waals surface area contributed by atoms with Gasteiger partial charge in [-0.2, -0.15) is 0 Å². The Kier molecular flexibility index (Phi) is 5.81. The van der Waals surface area contributed by atoms with Crippen LogP contribution in [0.3, 0.4) is 0 Å². The number of aliphatic hydroxyl groups excluding tert-OH is 1. The van der Waals surface area contributed by atoms with Crippen LogP contribution in [0.25, 0.3) is 0 Å². The van der Waals surface area contributed by atoms with Gasteiger partial charge >= 0.3 is 0 Å². The summed E-state index contributed by atoms with van der Waals surface area (Å²) in [6, 6.07) is 0. The van der Waals surface area contributed by atoms with E-state index >= 15 is 0 Å². The molecule has 29 heavy (non-hydrogen) atoms. The summed E-state index contributed by atoms with van der Waals surface area (Å²) in [7, 11) is 0. The fraction of sp³-hybridized carbons (Fsp3) is 0.929. The smallest absolute Gasteiger partial charge is 0.0543 e. The molecule has 0 heterocycles. The van der Waals surface area contributed by atoms with E-state index in [2.05, 4.69) is 47.6 Å². The van der Waals surface area contributed by atoms with Crippen LogP contribution >= 0.6 is 0 Å². The van der Waals surface area contributed by atoms with Crippen molar-refractivity contribution in [1.82, 2.24) is 0 Å². The first kappa shape index (κ1) is 21.9. The maximum absolute atomic E-state index is 10.3. The highest BCUT2D eigenvalue weighted by atomic mass is 16.3. The monoisotopic (exact) mass is 400 g/mol. The Morgan fingerprint density at radius 3 is 2.48 bits per heavy atom. The third kappa shape index (κ3) is 3.37. The van der Waals surface area contributed by atoms with Crippen LogP contribution in [0.5, 0.6) is 0 Å². The largest absolute Gasteiger partial charge is 0.393 e. The average Bonchev–Trinajstić information content (AvgIpc) is 2.93. The molecule has 3 saturated carbocycles. The molecule has 0 spiro atoms. The summed E-state index contributed by atoms with van der Waals surface area (Å²) in [6.07, 6.45) is 17.1. The highest BCUT2D eigenvalue weighted by Gasteiger charge is 2.63. The van der Waals surface area contributed by atoms with Gasteiger partial charge in [-0.25, -0.2) is 0 Å². The van der Waals surface area contributed by atoms with E-state index in [1.807, 2.05) is 5.57 Å². The molecule has 4 aliphatic carbocycles. The summed E-state index contributed by atoms with van der Waals surface area (Å²) >= 11 is 0. The molecule has 4 aliphatic rings. The molecule has 0 bridgehead atoms. The summed E-state index contributed by atoms with van der Waals surface area (Å²) in [6.45, 7) is 15.2. The topological polar surface area (TPSA) is 20.2 Å². The number of hydrogen-bond acceptors (Lipinski definition) is 1. The molecule has 8 atom stereocenters. The van der Waals surface area contributed by atoms with Crippen LogP contribution in [0.2, 0.25) is 0 Å². The van der Waals surface area contributed by atoms with Crippen molar-refractivity contribution in [2.24, 2.45) is 45.8 Å². The van der Waals surface area contributed by atoms with E-state index in [1.165, 1.54) is 57.8 Å². The fourth-order valence-electron chi connectivity index (χ4n) is 8.88. The molecule has 0 aromatic rings. The zero-order valence-electron chi connectivity index (χ0n) is 20.3. The molecule has 1 N–H and O–H groups in total. The van der Waals surface area contributed by atoms with Gasteiger partial charge in [0.1, 0.15) is 0 Å². The summed E-state index contributed by atoms with van der Waals surface area (Å²) in [5.41, 5.74) is 3.20. The Balaban J connectivity index is 1.56. The van der Waals surface area contributed by atoms with Gasteiger partial charge in [-0.15, -0.1) is 0 Å². The van der Waals surface area contributed by atoms with Gasteiger partial charge in [-0.1, -0.05) is 72.5 Å². The van der Waals surface area contributed by atoms with Gasteiger partial charge in [0.15, 0.2) is 0 Å². The van der Waals surface area contributed by atoms with E-state index in [9.17, 15) is 5.11 Å². The standard InChI is InChI=1S/C28H48O/c1-19(2)8-7-9-20(3)23-13-16-28(6)25-11-10-21-18-22(29)12-15-26(21,4)24(25)14-17-27(23,28)5/h11,19-24,29H,7-10,12-18H2,1-6H3/t20-,21+,22+,23-,24+,26+,27-,28?/m1/s1. The van der Waals surface area contributed by atoms with Crippen LogP contribution in [0.15, 0.2) is 11.6 Å². The van der Waals surface area contributed by atoms with Gasteiger partial charge in [0, 0.05) is 0 Å². The van der Waals surface area contributed by atoms with Crippen LogP contribution in [-0.4, -0.2) is 11.2 Å². The van der Waals surface area contributed by atoms with Crippen molar-refractivity contribution in [3.63, 3.8) is 0 Å². The molecule has 3 fully saturated rings. The number of hydrogen-bond donors (Lipinski definition) is 1. The van der Waals surface area contributed by atoms with E-state index in [0.29, 0.717) is 22.2 Å². The van der Waals surface area contributed by atoms with Crippen LogP contribution in [0.4, 0.5) is 0 Å². The lowest BCUT2D eigenvalue weighted by molar-refractivity contribution is -0.0628. The summed E-state index contributed by atoms with van der Waals surface area (Å²) < 4.78 is 0. The molecule has 166 valence electrons. The third-order valence-electron chi connectivity index (χ3n) is 11.1. The summed E-state index contributed by atoms with van der Waals surface area (Å²) in [5, 5.41) is 10.3. The molecular formula is C28H48O. The maximum atomic E-state index is 10.3. The van der Waals surface area contributed by atoms with E-state index in [0.717, 1.165) is 36.5 Å². The lowest BCUT2D eigenvalue weighted by Crippen LogP contribution is -2.53. The molecule has 4 rings (SSSR count). The Hall–Kier alpha value is -0.300. The van der Waals surface area contributed by atoms with Crippen LogP contribution in [0, 0.1) is 45.8 Å². The van der Waals surface area contributed by atoms with Crippen LogP contribution < -0.4 is 0 Å². The molecule has 0 aromatic heterocycles. The zero-order chi connectivity index (χ0) is 21.0. The van der Waals surface area contributed by atoms with E-state index in [4.69, 9.17) is 0 Å². The van der Waals surface area contributed by atoms with E-state index < -0.39 is 0 Å². The molecule has 1 heteroatoms. The number of fused-ring (bicyclic) bond motifs is 5. The molecule has 0 aliphatic heterocycles. The zero-order valence-corrected chi connectivity index (χ0v) is 20.3. The summed E-state index contributed by atoms with van der Waals surface area (Å²) in [4.78, 5) is 0. The van der Waals surface area contributed by atoms with E-state index in [-0.39, 0.29) is 6.10 Å². The molecular weight excluding hydrogens is 352 g/mol. The predicted octanol–water partition coefficient (Wildman–Crippen LogP) is 7.78. The fourth-order valence-corrected chi connectivity index (χ4v) is 8.88. The van der Waals surface area contributed by atoms with Crippen molar-refractivity contribution in [2.45, 2.75) is 118 Å². The van der Waals surface area contributed by atoms with Crippen molar-refractivity contribution >= 4 is 0 Å². The maximum Gasteiger partial charge on any atom is 0.0543 e. The van der Waals surface area contributed by atoms with Gasteiger partial charge in [0.05, 0.1) is 6.10 Å². The molecule has 1 unspecified atom stereocenters. The predicted molar refractivity (Wildman–Crippen MR) is 124 cm³/mol. The van der Waals surface area contributed by atoms with E-state index in [1.54, 1.807) is 0 Å². The Morgan fingerprint density at radius 2 is 1.76 bits per heavy atom. The van der Waals surface area contributed by atoms with Crippen LogP contribution in [0.1, 0.15) is 112 Å². The van der Waals surface area contributed by atoms with Gasteiger partial charge < -0.3 is 5.11 Å². The SMILES string of the molecule is CC(C)CCC[C@@H](C)[C@H]1CCC2(C)C3=CC[C@H]4C[C@@H](O)CC[C@]4(C)[C@H]3CC[C@]12C. The Morgan fingerprint density at radius 1 is 1.00 bits per heavy atom. The second-order valence-electron chi connectivity index (χ2n) is 12.8. The molecule has 0 saturated heterocycles. The lowest BCUT2D eigenvalue weighted by atomic mass is 9.43. The normalized spacial score (nSPS) is 47.9. The molecule has 0 aromatic carbocycles. The Bertz CT molecular complexity index is 634. The number of aliphatic hydroxyl groups is 1. The third-order valence-corrected chi connectivity index (χ3v) is 11.1. The minimum Gasteiger partial charge on any atom is -0.393 e. The second kappa shape index (κ2) is 7.68. The first-order chi connectivity index (χ1) is 13.6. The first-order valence-electron chi connectivity index (χ1n) is 13.0. The quantitative estimate of drug-likeness (QED) is 0.467. The van der Waals surface area contributed by atoms with Gasteiger partial charge in [0.25, 0.3) is 0 Å². The minimum absolute atomic E-state index is 0.0463. The van der Waals surface area contributed by atoms with Gasteiger partial charge in [-0.3, -0.25) is 0 Å². The first-order valence-corrected chi connectivity index (χ1v) is 13.0. The second-order valence-corrected chi connectivity index (χ2v) is 12.8. The number of allylic oxidation sites excluding steroid dienone is 2. The highest BCUT2D eigenvalue weighted by molar-refractivity contribution is 5.32. The van der Waals surface area contributed by atoms with Gasteiger partial charge in [-0.05, 0) is 97.2 Å². The molecule has 0 radical (unpaired) electrons. The minimum atomic E-state index is -0.0463. The number of rotatable bonds is 5. The van der Waals surface area contributed by atoms with Gasteiger partial charge in [0.2, 0.25) is 0 Å². The molecule has 0 amide bonds. The van der Waals surface area contributed by atoms with Crippen molar-refractivity contribution in [1.29, 1.82) is 0 Å². The Labute approximate surface area is 181 Å². The van der Waals surface area contributed by atoms with Crippen molar-refractivity contribution in [3.05, 3.63) is 11.6 Å².